The third kappa shape index (κ3) is 3.16. The van der Waals surface area contributed by atoms with Crippen molar-refractivity contribution in [3.8, 4) is 11.5 Å². The first-order valence-electron chi connectivity index (χ1n) is 10.2. The van der Waals surface area contributed by atoms with Crippen LogP contribution in [-0.4, -0.2) is 29.4 Å². The summed E-state index contributed by atoms with van der Waals surface area (Å²) in [5, 5.41) is 19.2. The Morgan fingerprint density at radius 1 is 1.13 bits per heavy atom. The summed E-state index contributed by atoms with van der Waals surface area (Å²) in [6, 6.07) is 16.6. The lowest BCUT2D eigenvalue weighted by Gasteiger charge is -2.40. The molecule has 3 aromatic rings. The van der Waals surface area contributed by atoms with Gasteiger partial charge in [-0.2, -0.15) is 0 Å². The number of halogens is 1. The highest BCUT2D eigenvalue weighted by Gasteiger charge is 2.69. The van der Waals surface area contributed by atoms with Crippen LogP contribution in [0.25, 0.3) is 0 Å². The topological polar surface area (TPSA) is 71.8 Å². The van der Waals surface area contributed by atoms with Gasteiger partial charge in [0.15, 0.2) is 5.60 Å². The number of aliphatic hydroxyl groups excluding tert-OH is 1. The Morgan fingerprint density at radius 2 is 1.87 bits per heavy atom. The molecule has 2 aromatic carbocycles. The summed E-state index contributed by atoms with van der Waals surface area (Å²) in [5.74, 6) is 1.15. The second-order valence-corrected chi connectivity index (χ2v) is 8.84. The van der Waals surface area contributed by atoms with E-state index in [9.17, 15) is 5.11 Å². The highest BCUT2D eigenvalue weighted by Crippen LogP contribution is 2.67. The lowest BCUT2D eigenvalue weighted by atomic mass is 9.71. The number of hydrogen-bond donors (Lipinski definition) is 2. The van der Waals surface area contributed by atoms with Gasteiger partial charge in [-0.25, -0.2) is 0 Å². The molecule has 1 aromatic heterocycles. The number of ether oxygens (including phenoxy) is 2. The van der Waals surface area contributed by atoms with E-state index in [2.05, 4.69) is 52.1 Å². The van der Waals surface area contributed by atoms with Crippen molar-refractivity contribution >= 4 is 15.9 Å². The van der Waals surface area contributed by atoms with Crippen molar-refractivity contribution in [3.05, 3.63) is 87.7 Å². The molecule has 2 aliphatic rings. The summed E-state index contributed by atoms with van der Waals surface area (Å²) < 4.78 is 13.3. The fourth-order valence-electron chi connectivity index (χ4n) is 5.22. The Bertz CT molecular complexity index is 1090. The standard InChI is InChI=1S/C24H22BrNO3.CH4O/c1-15-4-3-5-16(12-15)19-10-11-23(27)22-20(28-2)13-26-14-21(22)29-24(19,23)17-6-8-18(25)9-7-17;1-2/h3-9,12-14,19,27H,10-11H2,1-2H3;2H,1H3. The number of nitrogens with zero attached hydrogens (tertiary/aromatic N) is 1. The van der Waals surface area contributed by atoms with E-state index in [1.165, 1.54) is 11.1 Å². The van der Waals surface area contributed by atoms with Crippen molar-refractivity contribution in [2.45, 2.75) is 36.9 Å². The molecule has 0 spiro atoms. The number of hydrogen-bond acceptors (Lipinski definition) is 5. The Morgan fingerprint density at radius 3 is 2.55 bits per heavy atom. The summed E-state index contributed by atoms with van der Waals surface area (Å²) in [5.41, 5.74) is 1.86. The molecule has 3 unspecified atom stereocenters. The minimum absolute atomic E-state index is 0.00863. The third-order valence-electron chi connectivity index (χ3n) is 6.40. The van der Waals surface area contributed by atoms with Gasteiger partial charge in [-0.05, 0) is 43.0 Å². The smallest absolute Gasteiger partial charge is 0.174 e. The molecule has 0 radical (unpaired) electrons. The number of pyridine rings is 1. The van der Waals surface area contributed by atoms with E-state index in [-0.39, 0.29) is 5.92 Å². The molecule has 5 rings (SSSR count). The van der Waals surface area contributed by atoms with E-state index in [1.807, 2.05) is 24.3 Å². The summed E-state index contributed by atoms with van der Waals surface area (Å²) in [4.78, 5) is 4.27. The van der Waals surface area contributed by atoms with Crippen molar-refractivity contribution < 1.29 is 19.7 Å². The van der Waals surface area contributed by atoms with Crippen LogP contribution in [0.1, 0.15) is 41.0 Å². The molecule has 1 aliphatic carbocycles. The van der Waals surface area contributed by atoms with Crippen LogP contribution >= 0.6 is 15.9 Å². The maximum Gasteiger partial charge on any atom is 0.174 e. The predicted molar refractivity (Wildman–Crippen MR) is 122 cm³/mol. The number of aromatic nitrogens is 1. The van der Waals surface area contributed by atoms with Gasteiger partial charge in [-0.1, -0.05) is 57.9 Å². The lowest BCUT2D eigenvalue weighted by Crippen LogP contribution is -2.48. The van der Waals surface area contributed by atoms with E-state index < -0.39 is 11.2 Å². The summed E-state index contributed by atoms with van der Waals surface area (Å²) in [7, 11) is 2.60. The van der Waals surface area contributed by atoms with Gasteiger partial charge in [0.2, 0.25) is 0 Å². The first kappa shape index (κ1) is 21.8. The molecule has 5 nitrogen and oxygen atoms in total. The van der Waals surface area contributed by atoms with Crippen molar-refractivity contribution in [2.24, 2.45) is 0 Å². The molecule has 6 heteroatoms. The summed E-state index contributed by atoms with van der Waals surface area (Å²) in [6.07, 6.45) is 4.72. The van der Waals surface area contributed by atoms with Crippen LogP contribution in [0.3, 0.4) is 0 Å². The first-order chi connectivity index (χ1) is 15.0. The lowest BCUT2D eigenvalue weighted by molar-refractivity contribution is -0.106. The number of aryl methyl sites for hydroxylation is 1. The van der Waals surface area contributed by atoms with Gasteiger partial charge < -0.3 is 19.7 Å². The molecule has 1 aliphatic heterocycles. The number of fused-ring (bicyclic) bond motifs is 3. The second-order valence-electron chi connectivity index (χ2n) is 7.93. The van der Waals surface area contributed by atoms with Gasteiger partial charge in [0.1, 0.15) is 17.1 Å². The predicted octanol–water partition coefficient (Wildman–Crippen LogP) is 4.82. The van der Waals surface area contributed by atoms with Crippen molar-refractivity contribution in [3.63, 3.8) is 0 Å². The van der Waals surface area contributed by atoms with Gasteiger partial charge >= 0.3 is 0 Å². The highest BCUT2D eigenvalue weighted by molar-refractivity contribution is 9.10. The second kappa shape index (κ2) is 8.26. The fraction of sp³-hybridized carbons (Fsp3) is 0.320. The number of aliphatic hydroxyl groups is 2. The third-order valence-corrected chi connectivity index (χ3v) is 6.93. The van der Waals surface area contributed by atoms with Crippen LogP contribution in [0.5, 0.6) is 11.5 Å². The molecular formula is C25H26BrNO4. The molecule has 162 valence electrons. The molecule has 0 saturated heterocycles. The number of rotatable bonds is 3. The zero-order valence-corrected chi connectivity index (χ0v) is 19.4. The monoisotopic (exact) mass is 483 g/mol. The van der Waals surface area contributed by atoms with Gasteiger partial charge in [0.05, 0.1) is 25.1 Å². The van der Waals surface area contributed by atoms with Crippen LogP contribution in [0, 0.1) is 6.92 Å². The van der Waals surface area contributed by atoms with Gasteiger partial charge in [-0.15, -0.1) is 0 Å². The Balaban J connectivity index is 0.00000112. The van der Waals surface area contributed by atoms with Crippen LogP contribution in [0.15, 0.2) is 65.4 Å². The molecule has 3 atom stereocenters. The van der Waals surface area contributed by atoms with Crippen LogP contribution in [-0.2, 0) is 11.2 Å². The number of benzene rings is 2. The van der Waals surface area contributed by atoms with E-state index >= 15 is 0 Å². The fourth-order valence-corrected chi connectivity index (χ4v) is 5.48. The molecular weight excluding hydrogens is 458 g/mol. The quantitative estimate of drug-likeness (QED) is 0.558. The Labute approximate surface area is 190 Å². The zero-order chi connectivity index (χ0) is 22.2. The average Bonchev–Trinajstić information content (AvgIpc) is 3.22. The zero-order valence-electron chi connectivity index (χ0n) is 17.8. The molecule has 1 saturated carbocycles. The molecule has 2 N–H and O–H groups in total. The molecule has 0 bridgehead atoms. The maximum absolute atomic E-state index is 12.2. The van der Waals surface area contributed by atoms with Crippen molar-refractivity contribution in [1.82, 2.24) is 4.98 Å². The van der Waals surface area contributed by atoms with Crippen molar-refractivity contribution in [1.29, 1.82) is 0 Å². The van der Waals surface area contributed by atoms with E-state index in [0.717, 1.165) is 23.6 Å². The molecule has 31 heavy (non-hydrogen) atoms. The SMILES string of the molecule is CO.COc1cncc2c1C1(O)CCC(c3cccc(C)c3)C1(c1ccc(Br)cc1)O2. The van der Waals surface area contributed by atoms with Gasteiger partial charge in [0.25, 0.3) is 0 Å². The largest absolute Gasteiger partial charge is 0.495 e. The molecule has 0 amide bonds. The van der Waals surface area contributed by atoms with Crippen LogP contribution < -0.4 is 9.47 Å². The van der Waals surface area contributed by atoms with E-state index in [4.69, 9.17) is 14.6 Å². The minimum atomic E-state index is -1.21. The van der Waals surface area contributed by atoms with Gasteiger partial charge in [0, 0.05) is 17.5 Å². The van der Waals surface area contributed by atoms with E-state index in [0.29, 0.717) is 23.5 Å². The average molecular weight is 484 g/mol. The van der Waals surface area contributed by atoms with Gasteiger partial charge in [-0.3, -0.25) is 4.98 Å². The Hall–Kier alpha value is -2.41. The minimum Gasteiger partial charge on any atom is -0.495 e. The van der Waals surface area contributed by atoms with Crippen molar-refractivity contribution in [2.75, 3.05) is 14.2 Å². The molecule has 2 heterocycles. The highest BCUT2D eigenvalue weighted by atomic mass is 79.9. The normalized spacial score (nSPS) is 25.7. The van der Waals surface area contributed by atoms with E-state index in [1.54, 1.807) is 19.5 Å². The van der Waals surface area contributed by atoms with Crippen LogP contribution in [0.2, 0.25) is 0 Å². The maximum atomic E-state index is 12.2. The first-order valence-corrected chi connectivity index (χ1v) is 11.0. The summed E-state index contributed by atoms with van der Waals surface area (Å²) >= 11 is 3.53. The Kier molecular flexibility index (Phi) is 5.81. The summed E-state index contributed by atoms with van der Waals surface area (Å²) in [6.45, 7) is 2.09. The van der Waals surface area contributed by atoms with Crippen LogP contribution in [0.4, 0.5) is 0 Å². The molecule has 1 fully saturated rings. The number of methoxy groups -OCH3 is 1.